The Kier molecular flexibility index (Phi) is 3.40. The van der Waals surface area contributed by atoms with E-state index in [-0.39, 0.29) is 0 Å². The van der Waals surface area contributed by atoms with Crippen LogP contribution < -0.4 is 15.8 Å². The predicted molar refractivity (Wildman–Crippen MR) is 67.3 cm³/mol. The largest absolute Gasteiger partial charge is 0.494 e. The summed E-state index contributed by atoms with van der Waals surface area (Å²) in [5.74, 6) is 1.72. The second kappa shape index (κ2) is 5.16. The average molecular weight is 230 g/mol. The summed E-state index contributed by atoms with van der Waals surface area (Å²) in [6, 6.07) is 7.60. The van der Waals surface area contributed by atoms with Gasteiger partial charge in [-0.25, -0.2) is 9.97 Å². The van der Waals surface area contributed by atoms with Crippen LogP contribution in [0.1, 0.15) is 6.92 Å². The van der Waals surface area contributed by atoms with E-state index in [0.717, 1.165) is 11.4 Å². The van der Waals surface area contributed by atoms with Gasteiger partial charge in [-0.3, -0.25) is 0 Å². The lowest BCUT2D eigenvalue weighted by atomic mass is 10.3. The molecule has 2 aromatic rings. The van der Waals surface area contributed by atoms with Crippen LogP contribution in [0.5, 0.6) is 5.75 Å². The van der Waals surface area contributed by atoms with Gasteiger partial charge in [0, 0.05) is 24.1 Å². The van der Waals surface area contributed by atoms with Gasteiger partial charge in [-0.2, -0.15) is 0 Å². The number of nitrogens with two attached hydrogens (primary N) is 1. The van der Waals surface area contributed by atoms with E-state index in [4.69, 9.17) is 10.5 Å². The molecule has 1 aromatic heterocycles. The number of nitrogens with one attached hydrogen (secondary N) is 1. The molecule has 3 N–H and O–H groups in total. The van der Waals surface area contributed by atoms with E-state index < -0.39 is 0 Å². The van der Waals surface area contributed by atoms with E-state index in [1.807, 2.05) is 31.2 Å². The zero-order chi connectivity index (χ0) is 12.1. The van der Waals surface area contributed by atoms with Crippen LogP contribution in [0.4, 0.5) is 17.3 Å². The number of aromatic nitrogens is 2. The fourth-order valence-corrected chi connectivity index (χ4v) is 1.41. The smallest absolute Gasteiger partial charge is 0.173 e. The summed E-state index contributed by atoms with van der Waals surface area (Å²) in [5, 5.41) is 3.09. The highest BCUT2D eigenvalue weighted by Crippen LogP contribution is 2.22. The van der Waals surface area contributed by atoms with Crippen molar-refractivity contribution in [1.29, 1.82) is 0 Å². The molecule has 0 radical (unpaired) electrons. The van der Waals surface area contributed by atoms with Crippen LogP contribution in [0.2, 0.25) is 0 Å². The Balaban J connectivity index is 2.18. The van der Waals surface area contributed by atoms with Crippen LogP contribution in [-0.2, 0) is 0 Å². The van der Waals surface area contributed by atoms with Crippen LogP contribution in [0, 0.1) is 0 Å². The van der Waals surface area contributed by atoms with Crippen molar-refractivity contribution in [3.63, 3.8) is 0 Å². The highest BCUT2D eigenvalue weighted by Gasteiger charge is 2.02. The van der Waals surface area contributed by atoms with Gasteiger partial charge in [0.05, 0.1) is 6.61 Å². The first-order chi connectivity index (χ1) is 8.29. The zero-order valence-electron chi connectivity index (χ0n) is 9.55. The normalized spacial score (nSPS) is 9.94. The van der Waals surface area contributed by atoms with Gasteiger partial charge >= 0.3 is 0 Å². The molecule has 0 aliphatic heterocycles. The van der Waals surface area contributed by atoms with Crippen LogP contribution >= 0.6 is 0 Å². The number of ether oxygens (including phenoxy) is 1. The van der Waals surface area contributed by atoms with Gasteiger partial charge in [-0.1, -0.05) is 6.07 Å². The molecule has 5 nitrogen and oxygen atoms in total. The number of anilines is 3. The maximum Gasteiger partial charge on any atom is 0.173 e. The molecule has 1 heterocycles. The molecule has 0 atom stereocenters. The molecule has 0 saturated carbocycles. The lowest BCUT2D eigenvalue weighted by Crippen LogP contribution is -2.01. The summed E-state index contributed by atoms with van der Waals surface area (Å²) in [6.45, 7) is 2.58. The Labute approximate surface area is 99.7 Å². The number of nitrogen functional groups attached to an aromatic ring is 1. The van der Waals surface area contributed by atoms with Gasteiger partial charge in [0.25, 0.3) is 0 Å². The van der Waals surface area contributed by atoms with Crippen molar-refractivity contribution in [3.05, 3.63) is 36.7 Å². The van der Waals surface area contributed by atoms with Gasteiger partial charge in [-0.15, -0.1) is 0 Å². The number of hydrogen-bond donors (Lipinski definition) is 2. The maximum atomic E-state index is 5.70. The molecule has 5 heteroatoms. The predicted octanol–water partition coefficient (Wildman–Crippen LogP) is 2.20. The summed E-state index contributed by atoms with van der Waals surface area (Å²) in [5.41, 5.74) is 6.56. The molecule has 0 bridgehead atoms. The summed E-state index contributed by atoms with van der Waals surface area (Å²) in [4.78, 5) is 8.07. The van der Waals surface area contributed by atoms with Gasteiger partial charge < -0.3 is 15.8 Å². The van der Waals surface area contributed by atoms with Gasteiger partial charge in [0.15, 0.2) is 11.6 Å². The van der Waals surface area contributed by atoms with E-state index in [1.165, 1.54) is 0 Å². The maximum absolute atomic E-state index is 5.70. The summed E-state index contributed by atoms with van der Waals surface area (Å²) in [7, 11) is 0. The van der Waals surface area contributed by atoms with E-state index in [0.29, 0.717) is 18.2 Å². The summed E-state index contributed by atoms with van der Waals surface area (Å²) >= 11 is 0. The molecule has 0 amide bonds. The third kappa shape index (κ3) is 2.84. The molecule has 0 saturated heterocycles. The Morgan fingerprint density at radius 1 is 1.29 bits per heavy atom. The number of nitrogens with zero attached hydrogens (tertiary/aromatic N) is 2. The molecular formula is C12H14N4O. The highest BCUT2D eigenvalue weighted by atomic mass is 16.5. The number of rotatable bonds is 4. The molecule has 0 unspecified atom stereocenters. The first-order valence-corrected chi connectivity index (χ1v) is 5.36. The van der Waals surface area contributed by atoms with Crippen LogP contribution in [0.3, 0.4) is 0 Å². The zero-order valence-corrected chi connectivity index (χ0v) is 9.55. The summed E-state index contributed by atoms with van der Waals surface area (Å²) in [6.07, 6.45) is 3.14. The lowest BCUT2D eigenvalue weighted by molar-refractivity contribution is 0.340. The average Bonchev–Trinajstić information content (AvgIpc) is 2.33. The second-order valence-corrected chi connectivity index (χ2v) is 3.38. The second-order valence-electron chi connectivity index (χ2n) is 3.38. The lowest BCUT2D eigenvalue weighted by Gasteiger charge is -2.09. The van der Waals surface area contributed by atoms with E-state index in [9.17, 15) is 0 Å². The third-order valence-electron chi connectivity index (χ3n) is 2.13. The first-order valence-electron chi connectivity index (χ1n) is 5.36. The fourth-order valence-electron chi connectivity index (χ4n) is 1.41. The van der Waals surface area contributed by atoms with E-state index >= 15 is 0 Å². The third-order valence-corrected chi connectivity index (χ3v) is 2.13. The minimum absolute atomic E-state index is 0.370. The van der Waals surface area contributed by atoms with Crippen LogP contribution in [-0.4, -0.2) is 16.6 Å². The van der Waals surface area contributed by atoms with E-state index in [1.54, 1.807) is 12.4 Å². The molecule has 17 heavy (non-hydrogen) atoms. The Morgan fingerprint density at radius 3 is 2.88 bits per heavy atom. The summed E-state index contributed by atoms with van der Waals surface area (Å²) < 4.78 is 5.41. The van der Waals surface area contributed by atoms with Gasteiger partial charge in [-0.05, 0) is 19.1 Å². The van der Waals surface area contributed by atoms with Crippen molar-refractivity contribution in [2.45, 2.75) is 6.92 Å². The minimum atomic E-state index is 0.370. The Bertz CT molecular complexity index is 501. The molecule has 0 aliphatic rings. The standard InChI is InChI=1S/C12H14N4O/c1-2-17-10-5-3-4-9(8-10)16-12-11(13)14-6-7-15-12/h3-8H,2H2,1H3,(H2,13,14)(H,15,16). The van der Waals surface area contributed by atoms with E-state index in [2.05, 4.69) is 15.3 Å². The van der Waals surface area contributed by atoms with Gasteiger partial charge in [0.1, 0.15) is 5.75 Å². The van der Waals surface area contributed by atoms with Gasteiger partial charge in [0.2, 0.25) is 0 Å². The molecule has 2 rings (SSSR count). The molecule has 0 fully saturated rings. The molecule has 1 aromatic carbocycles. The topological polar surface area (TPSA) is 73.1 Å². The fraction of sp³-hybridized carbons (Fsp3) is 0.167. The van der Waals surface area contributed by atoms with Crippen molar-refractivity contribution < 1.29 is 4.74 Å². The number of hydrogen-bond acceptors (Lipinski definition) is 5. The quantitative estimate of drug-likeness (QED) is 0.842. The van der Waals surface area contributed by atoms with Crippen molar-refractivity contribution in [2.24, 2.45) is 0 Å². The molecule has 0 spiro atoms. The molecule has 88 valence electrons. The molecular weight excluding hydrogens is 216 g/mol. The Hall–Kier alpha value is -2.30. The highest BCUT2D eigenvalue weighted by molar-refractivity contribution is 5.66. The Morgan fingerprint density at radius 2 is 2.12 bits per heavy atom. The van der Waals surface area contributed by atoms with Crippen LogP contribution in [0.15, 0.2) is 36.7 Å². The van der Waals surface area contributed by atoms with Crippen molar-refractivity contribution in [1.82, 2.24) is 9.97 Å². The monoisotopic (exact) mass is 230 g/mol. The van der Waals surface area contributed by atoms with Crippen molar-refractivity contribution in [2.75, 3.05) is 17.7 Å². The van der Waals surface area contributed by atoms with Crippen LogP contribution in [0.25, 0.3) is 0 Å². The molecule has 0 aliphatic carbocycles. The van der Waals surface area contributed by atoms with Crippen molar-refractivity contribution >= 4 is 17.3 Å². The first kappa shape index (κ1) is 11.2. The minimum Gasteiger partial charge on any atom is -0.494 e. The van der Waals surface area contributed by atoms with Crippen molar-refractivity contribution in [3.8, 4) is 5.75 Å². The number of benzene rings is 1. The SMILES string of the molecule is CCOc1cccc(Nc2nccnc2N)c1.